The molecule has 90 valence electrons. The Morgan fingerprint density at radius 2 is 2.12 bits per heavy atom. The summed E-state index contributed by atoms with van der Waals surface area (Å²) in [6.07, 6.45) is 3.63. The maximum Gasteiger partial charge on any atom is 0.153 e. The molecule has 0 aliphatic carbocycles. The van der Waals surface area contributed by atoms with Crippen molar-refractivity contribution in [2.24, 2.45) is 0 Å². The zero-order chi connectivity index (χ0) is 11.8. The summed E-state index contributed by atoms with van der Waals surface area (Å²) in [5, 5.41) is 11.1. The number of hydrogen-bond acceptors (Lipinski definition) is 6. The minimum absolute atomic E-state index is 0.508. The predicted octanol–water partition coefficient (Wildman–Crippen LogP) is 1.80. The van der Waals surface area contributed by atoms with E-state index in [0.29, 0.717) is 5.82 Å². The standard InChI is InChI=1S/C10H17N3OS2/c1-10(14)3-5-13(6-4-10)9-7(15-2)8(11)12-16-9/h14H,3-6H2,1-2H3,(H2,11,12). The average molecular weight is 259 g/mol. The van der Waals surface area contributed by atoms with Crippen LogP contribution in [-0.4, -0.2) is 34.4 Å². The third kappa shape index (κ3) is 2.28. The van der Waals surface area contributed by atoms with Crippen LogP contribution in [0.3, 0.4) is 0 Å². The third-order valence-corrected chi connectivity index (χ3v) is 4.85. The van der Waals surface area contributed by atoms with Gasteiger partial charge < -0.3 is 15.7 Å². The van der Waals surface area contributed by atoms with Gasteiger partial charge >= 0.3 is 0 Å². The van der Waals surface area contributed by atoms with E-state index in [1.54, 1.807) is 11.8 Å². The molecule has 3 N–H and O–H groups in total. The summed E-state index contributed by atoms with van der Waals surface area (Å²) in [7, 11) is 0. The van der Waals surface area contributed by atoms with Crippen LogP contribution in [-0.2, 0) is 0 Å². The van der Waals surface area contributed by atoms with Gasteiger partial charge in [0.15, 0.2) is 5.82 Å². The lowest BCUT2D eigenvalue weighted by atomic mass is 9.94. The first-order valence-electron chi connectivity index (χ1n) is 5.30. The Morgan fingerprint density at radius 1 is 1.50 bits per heavy atom. The second-order valence-corrected chi connectivity index (χ2v) is 5.96. The minimum Gasteiger partial charge on any atom is -0.390 e. The first-order valence-corrected chi connectivity index (χ1v) is 7.30. The largest absolute Gasteiger partial charge is 0.390 e. The number of anilines is 2. The van der Waals surface area contributed by atoms with Gasteiger partial charge in [0.1, 0.15) is 5.00 Å². The molecule has 1 aromatic heterocycles. The lowest BCUT2D eigenvalue weighted by Crippen LogP contribution is -2.42. The maximum atomic E-state index is 9.90. The van der Waals surface area contributed by atoms with E-state index >= 15 is 0 Å². The molecule has 1 aliphatic heterocycles. The molecule has 0 amide bonds. The van der Waals surface area contributed by atoms with E-state index in [0.717, 1.165) is 35.8 Å². The molecule has 1 saturated heterocycles. The van der Waals surface area contributed by atoms with Gasteiger partial charge in [-0.05, 0) is 37.6 Å². The highest BCUT2D eigenvalue weighted by Crippen LogP contribution is 2.39. The number of nitrogens with two attached hydrogens (primary N) is 1. The molecule has 1 fully saturated rings. The molecule has 0 saturated carbocycles. The monoisotopic (exact) mass is 259 g/mol. The van der Waals surface area contributed by atoms with Gasteiger partial charge in [0, 0.05) is 13.1 Å². The van der Waals surface area contributed by atoms with Gasteiger partial charge in [0.2, 0.25) is 0 Å². The predicted molar refractivity (Wildman–Crippen MR) is 70.4 cm³/mol. The normalized spacial score (nSPS) is 20.1. The Balaban J connectivity index is 2.14. The van der Waals surface area contributed by atoms with Gasteiger partial charge in [-0.25, -0.2) is 0 Å². The van der Waals surface area contributed by atoms with E-state index in [1.165, 1.54) is 11.5 Å². The van der Waals surface area contributed by atoms with Crippen molar-refractivity contribution < 1.29 is 5.11 Å². The molecule has 16 heavy (non-hydrogen) atoms. The molecular weight excluding hydrogens is 242 g/mol. The van der Waals surface area contributed by atoms with Gasteiger partial charge in [0.25, 0.3) is 0 Å². The van der Waals surface area contributed by atoms with E-state index in [-0.39, 0.29) is 0 Å². The van der Waals surface area contributed by atoms with Gasteiger partial charge in [-0.3, -0.25) is 0 Å². The summed E-state index contributed by atoms with van der Waals surface area (Å²) >= 11 is 3.10. The van der Waals surface area contributed by atoms with Crippen molar-refractivity contribution in [3.8, 4) is 0 Å². The van der Waals surface area contributed by atoms with Crippen molar-refractivity contribution in [1.82, 2.24) is 4.37 Å². The third-order valence-electron chi connectivity index (χ3n) is 2.99. The van der Waals surface area contributed by atoms with Crippen molar-refractivity contribution >= 4 is 34.1 Å². The Labute approximate surface area is 104 Å². The van der Waals surface area contributed by atoms with Crippen molar-refractivity contribution in [3.05, 3.63) is 0 Å². The molecule has 0 radical (unpaired) electrons. The fourth-order valence-corrected chi connectivity index (χ4v) is 3.61. The molecule has 0 unspecified atom stereocenters. The number of aliphatic hydroxyl groups is 1. The zero-order valence-electron chi connectivity index (χ0n) is 9.56. The van der Waals surface area contributed by atoms with Crippen molar-refractivity contribution in [2.75, 3.05) is 30.0 Å². The maximum absolute atomic E-state index is 9.90. The molecule has 0 bridgehead atoms. The number of thioether (sulfide) groups is 1. The highest BCUT2D eigenvalue weighted by atomic mass is 32.2. The summed E-state index contributed by atoms with van der Waals surface area (Å²) in [5.74, 6) is 0.629. The van der Waals surface area contributed by atoms with Crippen LogP contribution in [0.1, 0.15) is 19.8 Å². The van der Waals surface area contributed by atoms with Crippen molar-refractivity contribution in [3.63, 3.8) is 0 Å². The highest BCUT2D eigenvalue weighted by Gasteiger charge is 2.29. The molecule has 1 aromatic rings. The van der Waals surface area contributed by atoms with Gasteiger partial charge in [0.05, 0.1) is 10.5 Å². The Morgan fingerprint density at radius 3 is 2.69 bits per heavy atom. The van der Waals surface area contributed by atoms with Crippen LogP contribution >= 0.6 is 23.3 Å². The number of nitrogen functional groups attached to an aromatic ring is 1. The quantitative estimate of drug-likeness (QED) is 0.793. The SMILES string of the molecule is CSc1c(N)nsc1N1CCC(C)(O)CC1. The molecule has 1 aliphatic rings. The molecule has 0 spiro atoms. The van der Waals surface area contributed by atoms with Crippen LogP contribution in [0.15, 0.2) is 4.90 Å². The number of hydrogen-bond donors (Lipinski definition) is 2. The smallest absolute Gasteiger partial charge is 0.153 e. The lowest BCUT2D eigenvalue weighted by molar-refractivity contribution is 0.0352. The molecule has 2 heterocycles. The average Bonchev–Trinajstić information content (AvgIpc) is 2.59. The summed E-state index contributed by atoms with van der Waals surface area (Å²) in [4.78, 5) is 3.35. The van der Waals surface area contributed by atoms with Crippen molar-refractivity contribution in [2.45, 2.75) is 30.3 Å². The van der Waals surface area contributed by atoms with Crippen LogP contribution < -0.4 is 10.6 Å². The van der Waals surface area contributed by atoms with Crippen LogP contribution in [0, 0.1) is 0 Å². The Hall–Kier alpha value is -0.460. The van der Waals surface area contributed by atoms with Crippen LogP contribution in [0.5, 0.6) is 0 Å². The lowest BCUT2D eigenvalue weighted by Gasteiger charge is -2.36. The molecule has 0 aromatic carbocycles. The summed E-state index contributed by atoms with van der Waals surface area (Å²) in [6, 6.07) is 0. The van der Waals surface area contributed by atoms with Crippen molar-refractivity contribution in [1.29, 1.82) is 0 Å². The van der Waals surface area contributed by atoms with Gasteiger partial charge in [-0.15, -0.1) is 11.8 Å². The van der Waals surface area contributed by atoms with E-state index in [4.69, 9.17) is 5.73 Å². The van der Waals surface area contributed by atoms with Crippen LogP contribution in [0.4, 0.5) is 10.8 Å². The fourth-order valence-electron chi connectivity index (χ4n) is 1.87. The second-order valence-electron chi connectivity index (χ2n) is 4.39. The molecule has 0 atom stereocenters. The topological polar surface area (TPSA) is 62.4 Å². The first kappa shape index (κ1) is 12.0. The van der Waals surface area contributed by atoms with E-state index in [1.807, 2.05) is 13.2 Å². The van der Waals surface area contributed by atoms with E-state index in [2.05, 4.69) is 9.27 Å². The fraction of sp³-hybridized carbons (Fsp3) is 0.700. The first-order chi connectivity index (χ1) is 7.53. The highest BCUT2D eigenvalue weighted by molar-refractivity contribution is 7.99. The van der Waals surface area contributed by atoms with Crippen LogP contribution in [0.25, 0.3) is 0 Å². The molecular formula is C10H17N3OS2. The number of nitrogens with zero attached hydrogens (tertiary/aromatic N) is 2. The molecule has 4 nitrogen and oxygen atoms in total. The van der Waals surface area contributed by atoms with Gasteiger partial charge in [-0.1, -0.05) is 0 Å². The summed E-state index contributed by atoms with van der Waals surface area (Å²) < 4.78 is 4.19. The van der Waals surface area contributed by atoms with Crippen LogP contribution in [0.2, 0.25) is 0 Å². The summed E-state index contributed by atoms with van der Waals surface area (Å²) in [5.41, 5.74) is 5.31. The second kappa shape index (κ2) is 4.43. The Bertz CT molecular complexity index is 368. The number of piperidine rings is 1. The Kier molecular flexibility index (Phi) is 3.32. The molecule has 2 rings (SSSR count). The number of rotatable bonds is 2. The zero-order valence-corrected chi connectivity index (χ0v) is 11.2. The van der Waals surface area contributed by atoms with E-state index in [9.17, 15) is 5.11 Å². The minimum atomic E-state index is -0.508. The number of aromatic nitrogens is 1. The van der Waals surface area contributed by atoms with E-state index < -0.39 is 5.60 Å². The van der Waals surface area contributed by atoms with Gasteiger partial charge in [-0.2, -0.15) is 4.37 Å². The molecule has 6 heteroatoms. The summed E-state index contributed by atoms with van der Waals surface area (Å²) in [6.45, 7) is 3.66.